The van der Waals surface area contributed by atoms with Gasteiger partial charge in [-0.3, -0.25) is 4.79 Å². The van der Waals surface area contributed by atoms with Gasteiger partial charge in [-0.15, -0.1) is 0 Å². The summed E-state index contributed by atoms with van der Waals surface area (Å²) in [5.41, 5.74) is 1.15. The van der Waals surface area contributed by atoms with Gasteiger partial charge in [-0.2, -0.15) is 0 Å². The lowest BCUT2D eigenvalue weighted by Crippen LogP contribution is -2.44. The van der Waals surface area contributed by atoms with Gasteiger partial charge in [0.2, 0.25) is 5.76 Å². The van der Waals surface area contributed by atoms with Gasteiger partial charge in [0.1, 0.15) is 11.7 Å². The number of carbonyl (C=O) groups excluding carboxylic acids is 1. The van der Waals surface area contributed by atoms with Crippen LogP contribution in [-0.4, -0.2) is 28.2 Å². The maximum absolute atomic E-state index is 12.0. The fourth-order valence-electron chi connectivity index (χ4n) is 1.89. The summed E-state index contributed by atoms with van der Waals surface area (Å²) in [6.07, 6.45) is 0. The highest BCUT2D eigenvalue weighted by molar-refractivity contribution is 6.30. The highest BCUT2D eigenvalue weighted by atomic mass is 35.5. The minimum Gasteiger partial charge on any atom is -0.480 e. The number of carboxylic acids is 1. The van der Waals surface area contributed by atoms with Gasteiger partial charge in [0.15, 0.2) is 0 Å². The van der Waals surface area contributed by atoms with Gasteiger partial charge in [-0.25, -0.2) is 4.79 Å². The van der Waals surface area contributed by atoms with E-state index in [0.29, 0.717) is 16.3 Å². The smallest absolute Gasteiger partial charge is 0.326 e. The van der Waals surface area contributed by atoms with E-state index in [1.165, 1.54) is 6.07 Å². The number of rotatable bonds is 5. The van der Waals surface area contributed by atoms with Crippen molar-refractivity contribution >= 4 is 23.5 Å². The largest absolute Gasteiger partial charge is 0.480 e. The van der Waals surface area contributed by atoms with E-state index in [1.807, 2.05) is 0 Å². The number of amides is 1. The highest BCUT2D eigenvalue weighted by Crippen LogP contribution is 2.22. The number of hydrogen-bond donors (Lipinski definition) is 2. The van der Waals surface area contributed by atoms with E-state index in [1.54, 1.807) is 38.1 Å². The molecule has 0 unspecified atom stereocenters. The van der Waals surface area contributed by atoms with Gasteiger partial charge >= 0.3 is 5.97 Å². The van der Waals surface area contributed by atoms with E-state index in [2.05, 4.69) is 10.5 Å². The molecule has 0 saturated heterocycles. The van der Waals surface area contributed by atoms with Crippen molar-refractivity contribution in [3.63, 3.8) is 0 Å². The molecule has 2 N–H and O–H groups in total. The first-order chi connectivity index (χ1) is 10.4. The Hall–Kier alpha value is -2.34. The first-order valence-corrected chi connectivity index (χ1v) is 7.02. The summed E-state index contributed by atoms with van der Waals surface area (Å²) in [6.45, 7) is 3.41. The monoisotopic (exact) mass is 322 g/mol. The average molecular weight is 323 g/mol. The third kappa shape index (κ3) is 3.65. The molecule has 0 bridgehead atoms. The van der Waals surface area contributed by atoms with E-state index >= 15 is 0 Å². The Kier molecular flexibility index (Phi) is 4.82. The lowest BCUT2D eigenvalue weighted by atomic mass is 10.0. The summed E-state index contributed by atoms with van der Waals surface area (Å²) >= 11 is 5.90. The quantitative estimate of drug-likeness (QED) is 0.883. The minimum absolute atomic E-state index is 0.0538. The van der Waals surface area contributed by atoms with Crippen molar-refractivity contribution < 1.29 is 19.2 Å². The molecule has 0 fully saturated rings. The van der Waals surface area contributed by atoms with Crippen LogP contribution in [0.2, 0.25) is 5.02 Å². The molecule has 0 saturated carbocycles. The zero-order chi connectivity index (χ0) is 16.3. The third-order valence-electron chi connectivity index (χ3n) is 3.07. The normalized spacial score (nSPS) is 12.2. The maximum Gasteiger partial charge on any atom is 0.326 e. The SMILES string of the molecule is CC(C)[C@@H](NC(=O)c1cc(-c2cccc(Cl)c2)no1)C(=O)O. The van der Waals surface area contributed by atoms with Crippen molar-refractivity contribution in [1.82, 2.24) is 10.5 Å². The molecule has 0 aliphatic heterocycles. The van der Waals surface area contributed by atoms with E-state index < -0.39 is 17.9 Å². The van der Waals surface area contributed by atoms with Crippen LogP contribution in [0.15, 0.2) is 34.9 Å². The Labute approximate surface area is 132 Å². The Balaban J connectivity index is 2.17. The van der Waals surface area contributed by atoms with E-state index in [0.717, 1.165) is 0 Å². The van der Waals surface area contributed by atoms with Crippen LogP contribution in [0.1, 0.15) is 24.4 Å². The average Bonchev–Trinajstić information content (AvgIpc) is 2.93. The number of aliphatic carboxylic acids is 1. The number of hydrogen-bond acceptors (Lipinski definition) is 4. The summed E-state index contributed by atoms with van der Waals surface area (Å²) in [7, 11) is 0. The molecule has 2 aromatic rings. The lowest BCUT2D eigenvalue weighted by molar-refractivity contribution is -0.140. The van der Waals surface area contributed by atoms with Gasteiger partial charge in [0.05, 0.1) is 0 Å². The number of aromatic nitrogens is 1. The van der Waals surface area contributed by atoms with Crippen molar-refractivity contribution in [3.8, 4) is 11.3 Å². The fourth-order valence-corrected chi connectivity index (χ4v) is 2.08. The molecule has 0 aliphatic rings. The molecule has 7 heteroatoms. The summed E-state index contributed by atoms with van der Waals surface area (Å²) < 4.78 is 4.98. The Bertz CT molecular complexity index is 696. The number of nitrogens with one attached hydrogen (secondary N) is 1. The molecule has 1 atom stereocenters. The Morgan fingerprint density at radius 1 is 1.32 bits per heavy atom. The second-order valence-corrected chi connectivity index (χ2v) is 5.56. The van der Waals surface area contributed by atoms with Crippen LogP contribution in [-0.2, 0) is 4.79 Å². The summed E-state index contributed by atoms with van der Waals surface area (Å²) in [5, 5.41) is 15.8. The van der Waals surface area contributed by atoms with Crippen LogP contribution in [0, 0.1) is 5.92 Å². The molecule has 1 aromatic carbocycles. The number of halogens is 1. The molecule has 1 amide bonds. The zero-order valence-electron chi connectivity index (χ0n) is 12.0. The first kappa shape index (κ1) is 16.0. The Morgan fingerprint density at radius 2 is 2.05 bits per heavy atom. The third-order valence-corrected chi connectivity index (χ3v) is 3.31. The Morgan fingerprint density at radius 3 is 2.64 bits per heavy atom. The topological polar surface area (TPSA) is 92.4 Å². The van der Waals surface area contributed by atoms with Crippen LogP contribution in [0.5, 0.6) is 0 Å². The van der Waals surface area contributed by atoms with Gasteiger partial charge in [-0.05, 0) is 18.1 Å². The van der Waals surface area contributed by atoms with Crippen LogP contribution >= 0.6 is 11.6 Å². The predicted molar refractivity (Wildman–Crippen MR) is 80.7 cm³/mol. The second kappa shape index (κ2) is 6.62. The van der Waals surface area contributed by atoms with Crippen molar-refractivity contribution in [2.45, 2.75) is 19.9 Å². The van der Waals surface area contributed by atoms with Gasteiger partial charge in [0, 0.05) is 16.7 Å². The molecule has 116 valence electrons. The summed E-state index contributed by atoms with van der Waals surface area (Å²) in [6, 6.07) is 7.39. The van der Waals surface area contributed by atoms with Crippen LogP contribution in [0.4, 0.5) is 0 Å². The number of carbonyl (C=O) groups is 2. The number of carboxylic acid groups (broad SMARTS) is 1. The summed E-state index contributed by atoms with van der Waals surface area (Å²) in [5.74, 6) is -2.03. The maximum atomic E-state index is 12.0. The molecule has 0 aliphatic carbocycles. The van der Waals surface area contributed by atoms with Gasteiger partial charge in [0.25, 0.3) is 5.91 Å². The van der Waals surface area contributed by atoms with E-state index in [9.17, 15) is 9.59 Å². The van der Waals surface area contributed by atoms with Crippen molar-refractivity contribution in [3.05, 3.63) is 41.1 Å². The van der Waals surface area contributed by atoms with Gasteiger partial charge in [-0.1, -0.05) is 42.7 Å². The first-order valence-electron chi connectivity index (χ1n) is 6.65. The second-order valence-electron chi connectivity index (χ2n) is 5.12. The summed E-state index contributed by atoms with van der Waals surface area (Å²) in [4.78, 5) is 23.1. The number of benzene rings is 1. The fraction of sp³-hybridized carbons (Fsp3) is 0.267. The van der Waals surface area contributed by atoms with Crippen molar-refractivity contribution in [2.24, 2.45) is 5.92 Å². The predicted octanol–water partition coefficient (Wildman–Crippen LogP) is 2.83. The molecule has 0 radical (unpaired) electrons. The molecular formula is C15H15ClN2O4. The van der Waals surface area contributed by atoms with Crippen LogP contribution < -0.4 is 5.32 Å². The van der Waals surface area contributed by atoms with Gasteiger partial charge < -0.3 is 14.9 Å². The highest BCUT2D eigenvalue weighted by Gasteiger charge is 2.25. The molecule has 0 spiro atoms. The van der Waals surface area contributed by atoms with E-state index in [4.69, 9.17) is 21.2 Å². The molecule has 1 aromatic heterocycles. The minimum atomic E-state index is -1.10. The van der Waals surface area contributed by atoms with Crippen molar-refractivity contribution in [1.29, 1.82) is 0 Å². The molecule has 2 rings (SSSR count). The van der Waals surface area contributed by atoms with Crippen LogP contribution in [0.25, 0.3) is 11.3 Å². The molecular weight excluding hydrogens is 308 g/mol. The molecule has 6 nitrogen and oxygen atoms in total. The van der Waals surface area contributed by atoms with Crippen LogP contribution in [0.3, 0.4) is 0 Å². The molecule has 1 heterocycles. The van der Waals surface area contributed by atoms with Crippen molar-refractivity contribution in [2.75, 3.05) is 0 Å². The van der Waals surface area contributed by atoms with E-state index in [-0.39, 0.29) is 11.7 Å². The lowest BCUT2D eigenvalue weighted by Gasteiger charge is -2.16. The zero-order valence-corrected chi connectivity index (χ0v) is 12.8. The number of nitrogens with zero attached hydrogens (tertiary/aromatic N) is 1. The molecule has 22 heavy (non-hydrogen) atoms. The standard InChI is InChI=1S/C15H15ClN2O4/c1-8(2)13(15(20)21)17-14(19)12-7-11(18-22-12)9-4-3-5-10(16)6-9/h3-8,13H,1-2H3,(H,17,19)(H,20,21)/t13-/m1/s1.